The van der Waals surface area contributed by atoms with E-state index in [1.165, 1.54) is 19.3 Å². The number of carbonyl (C=O) groups excluding carboxylic acids is 1. The van der Waals surface area contributed by atoms with Crippen LogP contribution in [0.2, 0.25) is 0 Å². The van der Waals surface area contributed by atoms with Gasteiger partial charge in [0.15, 0.2) is 0 Å². The van der Waals surface area contributed by atoms with Gasteiger partial charge in [0.25, 0.3) is 0 Å². The molecule has 0 aliphatic heterocycles. The van der Waals surface area contributed by atoms with Crippen LogP contribution in [0, 0.1) is 5.92 Å². The topological polar surface area (TPSA) is 49.6 Å². The summed E-state index contributed by atoms with van der Waals surface area (Å²) in [6.07, 6.45) is 3.64. The molecule has 1 saturated carbocycles. The van der Waals surface area contributed by atoms with Crippen LogP contribution in [0.1, 0.15) is 53.9 Å². The van der Waals surface area contributed by atoms with Gasteiger partial charge in [-0.25, -0.2) is 0 Å². The zero-order valence-electron chi connectivity index (χ0n) is 13.9. The van der Waals surface area contributed by atoms with E-state index < -0.39 is 0 Å². The first-order valence-corrected chi connectivity index (χ1v) is 8.17. The first-order chi connectivity index (χ1) is 9.42. The summed E-state index contributed by atoms with van der Waals surface area (Å²) in [4.78, 5) is 16.9. The summed E-state index contributed by atoms with van der Waals surface area (Å²) in [5, 5.41) is 0. The van der Waals surface area contributed by atoms with Crippen molar-refractivity contribution in [3.8, 4) is 0 Å². The Morgan fingerprint density at radius 3 is 2.25 bits per heavy atom. The Balaban J connectivity index is 2.70. The van der Waals surface area contributed by atoms with Crippen molar-refractivity contribution in [2.75, 3.05) is 19.6 Å². The highest BCUT2D eigenvalue weighted by atomic mass is 16.2. The Bertz CT molecular complexity index is 296. The maximum absolute atomic E-state index is 12.6. The van der Waals surface area contributed by atoms with Gasteiger partial charge in [0.05, 0.1) is 6.54 Å². The molecule has 0 aromatic carbocycles. The van der Waals surface area contributed by atoms with Crippen LogP contribution in [0.15, 0.2) is 0 Å². The molecule has 0 heterocycles. The molecule has 2 N–H and O–H groups in total. The van der Waals surface area contributed by atoms with E-state index in [9.17, 15) is 4.79 Å². The highest BCUT2D eigenvalue weighted by molar-refractivity contribution is 5.78. The van der Waals surface area contributed by atoms with Crippen LogP contribution in [0.3, 0.4) is 0 Å². The second-order valence-electron chi connectivity index (χ2n) is 6.55. The smallest absolute Gasteiger partial charge is 0.237 e. The average Bonchev–Trinajstić information content (AvgIpc) is 2.82. The fourth-order valence-electron chi connectivity index (χ4n) is 3.66. The standard InChI is InChI=1S/C16H33N3O/c1-6-18(15-9-7-8-14(15)10-17)11-16(20)19(12(2)3)13(4)5/h12-15H,6-11,17H2,1-5H3. The molecule has 0 bridgehead atoms. The fourth-order valence-corrected chi connectivity index (χ4v) is 3.66. The van der Waals surface area contributed by atoms with Crippen LogP contribution < -0.4 is 5.73 Å². The lowest BCUT2D eigenvalue weighted by Gasteiger charge is -2.36. The van der Waals surface area contributed by atoms with Gasteiger partial charge in [0.1, 0.15) is 0 Å². The van der Waals surface area contributed by atoms with Gasteiger partial charge in [0.2, 0.25) is 5.91 Å². The molecule has 0 aromatic rings. The summed E-state index contributed by atoms with van der Waals surface area (Å²) >= 11 is 0. The SMILES string of the molecule is CCN(CC(=O)N(C(C)C)C(C)C)C1CCCC1CN. The van der Waals surface area contributed by atoms with Gasteiger partial charge in [-0.05, 0) is 59.5 Å². The predicted molar refractivity (Wildman–Crippen MR) is 84.5 cm³/mol. The van der Waals surface area contributed by atoms with E-state index >= 15 is 0 Å². The van der Waals surface area contributed by atoms with Crippen molar-refractivity contribution >= 4 is 5.91 Å². The molecular formula is C16H33N3O. The summed E-state index contributed by atoms with van der Waals surface area (Å²) < 4.78 is 0. The molecule has 20 heavy (non-hydrogen) atoms. The van der Waals surface area contributed by atoms with Crippen LogP contribution in [0.4, 0.5) is 0 Å². The van der Waals surface area contributed by atoms with Crippen molar-refractivity contribution in [2.45, 2.75) is 72.0 Å². The third kappa shape index (κ3) is 4.19. The van der Waals surface area contributed by atoms with Crippen LogP contribution in [-0.4, -0.2) is 53.5 Å². The molecular weight excluding hydrogens is 250 g/mol. The van der Waals surface area contributed by atoms with Crippen molar-refractivity contribution < 1.29 is 4.79 Å². The van der Waals surface area contributed by atoms with E-state index in [4.69, 9.17) is 5.73 Å². The molecule has 1 fully saturated rings. The molecule has 1 aliphatic rings. The molecule has 0 saturated heterocycles. The van der Waals surface area contributed by atoms with Crippen molar-refractivity contribution in [1.82, 2.24) is 9.80 Å². The quantitative estimate of drug-likeness (QED) is 0.778. The molecule has 0 radical (unpaired) electrons. The van der Waals surface area contributed by atoms with Crippen LogP contribution >= 0.6 is 0 Å². The number of nitrogens with zero attached hydrogens (tertiary/aromatic N) is 2. The maximum Gasteiger partial charge on any atom is 0.237 e. The van der Waals surface area contributed by atoms with Crippen LogP contribution in [0.5, 0.6) is 0 Å². The van der Waals surface area contributed by atoms with Crippen molar-refractivity contribution in [3.05, 3.63) is 0 Å². The largest absolute Gasteiger partial charge is 0.337 e. The highest BCUT2D eigenvalue weighted by Crippen LogP contribution is 2.29. The fraction of sp³-hybridized carbons (Fsp3) is 0.938. The molecule has 4 nitrogen and oxygen atoms in total. The number of rotatable bonds is 7. The molecule has 1 aliphatic carbocycles. The molecule has 0 aromatic heterocycles. The second-order valence-corrected chi connectivity index (χ2v) is 6.55. The van der Waals surface area contributed by atoms with Gasteiger partial charge in [-0.15, -0.1) is 0 Å². The summed E-state index contributed by atoms with van der Waals surface area (Å²) in [5.74, 6) is 0.814. The van der Waals surface area contributed by atoms with Gasteiger partial charge >= 0.3 is 0 Å². The molecule has 2 unspecified atom stereocenters. The lowest BCUT2D eigenvalue weighted by atomic mass is 10.0. The number of carbonyl (C=O) groups is 1. The van der Waals surface area contributed by atoms with E-state index in [0.717, 1.165) is 13.1 Å². The highest BCUT2D eigenvalue weighted by Gasteiger charge is 2.32. The molecule has 2 atom stereocenters. The Labute approximate surface area is 124 Å². The number of amides is 1. The van der Waals surface area contributed by atoms with Crippen molar-refractivity contribution in [2.24, 2.45) is 11.7 Å². The molecule has 4 heteroatoms. The van der Waals surface area contributed by atoms with E-state index in [-0.39, 0.29) is 18.0 Å². The van der Waals surface area contributed by atoms with E-state index in [2.05, 4.69) is 39.5 Å². The van der Waals surface area contributed by atoms with E-state index in [1.54, 1.807) is 0 Å². The normalized spacial score (nSPS) is 23.1. The summed E-state index contributed by atoms with van der Waals surface area (Å²) in [6, 6.07) is 1.01. The average molecular weight is 283 g/mol. The predicted octanol–water partition coefficient (Wildman–Crippen LogP) is 2.08. The lowest BCUT2D eigenvalue weighted by Crippen LogP contribution is -2.50. The number of hydrogen-bond donors (Lipinski definition) is 1. The number of likely N-dealkylation sites (N-methyl/N-ethyl adjacent to an activating group) is 1. The summed E-state index contributed by atoms with van der Waals surface area (Å²) in [7, 11) is 0. The third-order valence-corrected chi connectivity index (χ3v) is 4.54. The van der Waals surface area contributed by atoms with Crippen molar-refractivity contribution in [3.63, 3.8) is 0 Å². The van der Waals surface area contributed by atoms with E-state index in [0.29, 0.717) is 18.5 Å². The molecule has 0 spiro atoms. The Morgan fingerprint density at radius 2 is 1.80 bits per heavy atom. The Kier molecular flexibility index (Phi) is 6.96. The minimum atomic E-state index is 0.250. The first-order valence-electron chi connectivity index (χ1n) is 8.17. The van der Waals surface area contributed by atoms with Crippen LogP contribution in [0.25, 0.3) is 0 Å². The molecule has 1 amide bonds. The van der Waals surface area contributed by atoms with Gasteiger partial charge in [0, 0.05) is 18.1 Å². The van der Waals surface area contributed by atoms with Gasteiger partial charge < -0.3 is 10.6 Å². The molecule has 118 valence electrons. The number of hydrogen-bond acceptors (Lipinski definition) is 3. The molecule has 1 rings (SSSR count). The Morgan fingerprint density at radius 1 is 1.20 bits per heavy atom. The van der Waals surface area contributed by atoms with Gasteiger partial charge in [-0.3, -0.25) is 9.69 Å². The van der Waals surface area contributed by atoms with Crippen LogP contribution in [-0.2, 0) is 4.79 Å². The second kappa shape index (κ2) is 7.99. The van der Waals surface area contributed by atoms with Gasteiger partial charge in [-0.2, -0.15) is 0 Å². The summed E-state index contributed by atoms with van der Waals surface area (Å²) in [6.45, 7) is 12.7. The summed E-state index contributed by atoms with van der Waals surface area (Å²) in [5.41, 5.74) is 5.88. The zero-order chi connectivity index (χ0) is 15.3. The first kappa shape index (κ1) is 17.4. The minimum absolute atomic E-state index is 0.250. The minimum Gasteiger partial charge on any atom is -0.337 e. The monoisotopic (exact) mass is 283 g/mol. The zero-order valence-corrected chi connectivity index (χ0v) is 13.9. The lowest BCUT2D eigenvalue weighted by molar-refractivity contribution is -0.136. The Hall–Kier alpha value is -0.610. The third-order valence-electron chi connectivity index (χ3n) is 4.54. The van der Waals surface area contributed by atoms with Gasteiger partial charge in [-0.1, -0.05) is 13.3 Å². The van der Waals surface area contributed by atoms with E-state index in [1.807, 2.05) is 4.90 Å². The van der Waals surface area contributed by atoms with Crippen molar-refractivity contribution in [1.29, 1.82) is 0 Å². The maximum atomic E-state index is 12.6. The number of nitrogens with two attached hydrogens (primary N) is 1.